The first-order chi connectivity index (χ1) is 14.8. The lowest BCUT2D eigenvalue weighted by Crippen LogP contribution is -2.10. The summed E-state index contributed by atoms with van der Waals surface area (Å²) in [4.78, 5) is 0. The van der Waals surface area contributed by atoms with Gasteiger partial charge in [0.15, 0.2) is 0 Å². The standard InChI is InChI=1S/C30H44/c1-3-5-11-25-17-21-27-13-7-9-15-29(27)23-19-26(12-6-4-2)20-24-30-16-10-8-14-28(30)22-18-25/h7-10,13-16,25-26H,3-6,11-12,17-24H2,1-2H3. The quantitative estimate of drug-likeness (QED) is 0.451. The first-order valence-electron chi connectivity index (χ1n) is 12.9. The van der Waals surface area contributed by atoms with Gasteiger partial charge in [0.05, 0.1) is 0 Å². The monoisotopic (exact) mass is 404 g/mol. The van der Waals surface area contributed by atoms with Crippen molar-refractivity contribution in [2.24, 2.45) is 11.8 Å². The fourth-order valence-electron chi connectivity index (χ4n) is 5.38. The summed E-state index contributed by atoms with van der Waals surface area (Å²) in [6.07, 6.45) is 18.7. The first-order valence-corrected chi connectivity index (χ1v) is 12.9. The summed E-state index contributed by atoms with van der Waals surface area (Å²) < 4.78 is 0. The van der Waals surface area contributed by atoms with Crippen LogP contribution < -0.4 is 0 Å². The van der Waals surface area contributed by atoms with Crippen LogP contribution in [0.5, 0.6) is 0 Å². The maximum Gasteiger partial charge on any atom is -0.0274 e. The van der Waals surface area contributed by atoms with Crippen LogP contribution in [0, 0.1) is 11.8 Å². The number of fused-ring (bicyclic) bond motifs is 2. The van der Waals surface area contributed by atoms with E-state index in [2.05, 4.69) is 62.4 Å². The molecule has 2 aromatic carbocycles. The van der Waals surface area contributed by atoms with E-state index < -0.39 is 0 Å². The van der Waals surface area contributed by atoms with Crippen LogP contribution in [0.25, 0.3) is 0 Å². The van der Waals surface area contributed by atoms with Gasteiger partial charge in [0.25, 0.3) is 0 Å². The average molecular weight is 405 g/mol. The van der Waals surface area contributed by atoms with Crippen molar-refractivity contribution in [3.8, 4) is 0 Å². The maximum atomic E-state index is 2.41. The Morgan fingerprint density at radius 3 is 1.10 bits per heavy atom. The minimum atomic E-state index is 0.867. The zero-order valence-electron chi connectivity index (χ0n) is 19.7. The molecule has 2 aromatic rings. The van der Waals surface area contributed by atoms with Crippen molar-refractivity contribution in [3.63, 3.8) is 0 Å². The lowest BCUT2D eigenvalue weighted by molar-refractivity contribution is 0.395. The molecule has 164 valence electrons. The topological polar surface area (TPSA) is 0 Å². The van der Waals surface area contributed by atoms with Gasteiger partial charge in [0.2, 0.25) is 0 Å². The van der Waals surface area contributed by atoms with E-state index in [0.29, 0.717) is 0 Å². The van der Waals surface area contributed by atoms with Crippen LogP contribution in [0.15, 0.2) is 48.5 Å². The maximum absolute atomic E-state index is 2.41. The minimum absolute atomic E-state index is 0.867. The van der Waals surface area contributed by atoms with E-state index in [1.54, 1.807) is 22.3 Å². The molecule has 3 rings (SSSR count). The highest BCUT2D eigenvalue weighted by molar-refractivity contribution is 5.29. The number of aryl methyl sites for hydroxylation is 4. The van der Waals surface area contributed by atoms with Gasteiger partial charge < -0.3 is 0 Å². The van der Waals surface area contributed by atoms with E-state index in [-0.39, 0.29) is 0 Å². The molecule has 0 aromatic heterocycles. The number of hydrogen-bond acceptors (Lipinski definition) is 0. The van der Waals surface area contributed by atoms with E-state index in [4.69, 9.17) is 0 Å². The Labute approximate surface area is 186 Å². The Morgan fingerprint density at radius 1 is 0.533 bits per heavy atom. The van der Waals surface area contributed by atoms with Crippen molar-refractivity contribution in [1.82, 2.24) is 0 Å². The Balaban J connectivity index is 1.80. The number of benzene rings is 2. The van der Waals surface area contributed by atoms with Crippen LogP contribution in [0.3, 0.4) is 0 Å². The SMILES string of the molecule is CCCCC1CCc2ccccc2CCC(CCCC)CCc2ccccc2CC1. The molecule has 0 unspecified atom stereocenters. The summed E-state index contributed by atoms with van der Waals surface area (Å²) in [6.45, 7) is 4.67. The molecule has 0 amide bonds. The van der Waals surface area contributed by atoms with Gasteiger partial charge in [0, 0.05) is 0 Å². The van der Waals surface area contributed by atoms with E-state index in [0.717, 1.165) is 11.8 Å². The third-order valence-corrected chi connectivity index (χ3v) is 7.46. The molecule has 1 aliphatic rings. The van der Waals surface area contributed by atoms with Crippen molar-refractivity contribution in [1.29, 1.82) is 0 Å². The number of unbranched alkanes of at least 4 members (excludes halogenated alkanes) is 2. The Kier molecular flexibility index (Phi) is 10.0. The molecule has 0 heterocycles. The highest BCUT2D eigenvalue weighted by Crippen LogP contribution is 2.28. The normalized spacial score (nSPS) is 20.7. The molecule has 0 heteroatoms. The first kappa shape index (κ1) is 23.1. The Hall–Kier alpha value is -1.56. The molecule has 0 radical (unpaired) electrons. The molecule has 0 atom stereocenters. The molecule has 0 aliphatic heterocycles. The van der Waals surface area contributed by atoms with Gasteiger partial charge in [0.1, 0.15) is 0 Å². The van der Waals surface area contributed by atoms with Crippen LogP contribution in [0.4, 0.5) is 0 Å². The second-order valence-electron chi connectivity index (χ2n) is 9.71. The smallest absolute Gasteiger partial charge is 0.0274 e. The minimum Gasteiger partial charge on any atom is -0.0654 e. The fraction of sp³-hybridized carbons (Fsp3) is 0.600. The summed E-state index contributed by atoms with van der Waals surface area (Å²) in [7, 11) is 0. The molecule has 0 fully saturated rings. The predicted molar refractivity (Wildman–Crippen MR) is 132 cm³/mol. The van der Waals surface area contributed by atoms with Crippen LogP contribution in [0.2, 0.25) is 0 Å². The van der Waals surface area contributed by atoms with Gasteiger partial charge in [-0.2, -0.15) is 0 Å². The van der Waals surface area contributed by atoms with Gasteiger partial charge >= 0.3 is 0 Å². The summed E-state index contributed by atoms with van der Waals surface area (Å²) in [5.74, 6) is 1.73. The molecule has 0 nitrogen and oxygen atoms in total. The van der Waals surface area contributed by atoms with Crippen molar-refractivity contribution in [3.05, 3.63) is 70.8 Å². The molecular weight excluding hydrogens is 360 g/mol. The number of hydrogen-bond donors (Lipinski definition) is 0. The van der Waals surface area contributed by atoms with Gasteiger partial charge in [-0.3, -0.25) is 0 Å². The number of rotatable bonds is 6. The zero-order valence-corrected chi connectivity index (χ0v) is 19.7. The Bertz CT molecular complexity index is 611. The van der Waals surface area contributed by atoms with Crippen molar-refractivity contribution < 1.29 is 0 Å². The van der Waals surface area contributed by atoms with Gasteiger partial charge in [-0.05, 0) is 85.5 Å². The highest BCUT2D eigenvalue weighted by Gasteiger charge is 2.16. The second kappa shape index (κ2) is 13.0. The van der Waals surface area contributed by atoms with Crippen molar-refractivity contribution in [2.75, 3.05) is 0 Å². The summed E-state index contributed by atoms with van der Waals surface area (Å²) in [5, 5.41) is 0. The van der Waals surface area contributed by atoms with E-state index >= 15 is 0 Å². The summed E-state index contributed by atoms with van der Waals surface area (Å²) >= 11 is 0. The Morgan fingerprint density at radius 2 is 0.833 bits per heavy atom. The predicted octanol–water partition coefficient (Wildman–Crippen LogP) is 8.74. The molecule has 0 spiro atoms. The summed E-state index contributed by atoms with van der Waals surface area (Å²) in [6, 6.07) is 18.7. The van der Waals surface area contributed by atoms with Crippen molar-refractivity contribution >= 4 is 0 Å². The van der Waals surface area contributed by atoms with Crippen LogP contribution in [-0.4, -0.2) is 0 Å². The lowest BCUT2D eigenvalue weighted by Gasteiger charge is -2.22. The fourth-order valence-corrected chi connectivity index (χ4v) is 5.38. The molecule has 0 saturated carbocycles. The molecule has 0 N–H and O–H groups in total. The van der Waals surface area contributed by atoms with Crippen LogP contribution in [0.1, 0.15) is 100 Å². The van der Waals surface area contributed by atoms with Gasteiger partial charge in [-0.15, -0.1) is 0 Å². The van der Waals surface area contributed by atoms with Gasteiger partial charge in [-0.25, -0.2) is 0 Å². The molecule has 0 bridgehead atoms. The van der Waals surface area contributed by atoms with Gasteiger partial charge in [-0.1, -0.05) is 101 Å². The molecule has 1 aliphatic carbocycles. The highest BCUT2D eigenvalue weighted by atomic mass is 14.2. The van der Waals surface area contributed by atoms with E-state index in [9.17, 15) is 0 Å². The molecule has 0 saturated heterocycles. The van der Waals surface area contributed by atoms with E-state index in [1.807, 2.05) is 0 Å². The third kappa shape index (κ3) is 7.29. The van der Waals surface area contributed by atoms with Crippen LogP contribution in [-0.2, 0) is 25.7 Å². The second-order valence-corrected chi connectivity index (χ2v) is 9.71. The molecular formula is C30H44. The van der Waals surface area contributed by atoms with E-state index in [1.165, 1.54) is 89.9 Å². The van der Waals surface area contributed by atoms with Crippen molar-refractivity contribution in [2.45, 2.75) is 104 Å². The third-order valence-electron chi connectivity index (χ3n) is 7.46. The largest absolute Gasteiger partial charge is 0.0654 e. The van der Waals surface area contributed by atoms with Crippen LogP contribution >= 0.6 is 0 Å². The average Bonchev–Trinajstić information content (AvgIpc) is 2.79. The zero-order chi connectivity index (χ0) is 21.0. The summed E-state index contributed by atoms with van der Waals surface area (Å²) in [5.41, 5.74) is 6.52. The lowest BCUT2D eigenvalue weighted by atomic mass is 9.83. The molecule has 30 heavy (non-hydrogen) atoms.